The number of thioether (sulfide) groups is 1. The van der Waals surface area contributed by atoms with Crippen LogP contribution in [0.15, 0.2) is 29.2 Å². The number of methoxy groups -OCH3 is 1. The first-order valence-electron chi connectivity index (χ1n) is 11.7. The van der Waals surface area contributed by atoms with Gasteiger partial charge in [0.1, 0.15) is 5.00 Å². The number of carbonyl (C=O) groups excluding carboxylic acids is 4. The summed E-state index contributed by atoms with van der Waals surface area (Å²) in [4.78, 5) is 63.6. The SMILES string of the molecule is CCC(Sc1cccc(NC(=O)CCC(=O)O)c1)C(=O)Nc1sc2c(c1C(=O)OC)CCN(C(C)=O)C2. The van der Waals surface area contributed by atoms with Crippen LogP contribution in [0.3, 0.4) is 0 Å². The number of carbonyl (C=O) groups is 5. The fourth-order valence-electron chi connectivity index (χ4n) is 3.85. The standard InChI is InChI=1S/C25H29N3O7S2/c1-4-18(36-16-7-5-6-15(12-16)26-20(30)8-9-21(31)32)23(33)27-24-22(25(34)35-3)17-10-11-28(14(2)29)13-19(17)37-24/h5-7,12,18H,4,8-11,13H2,1-3H3,(H,26,30)(H,27,33)(H,31,32). The highest BCUT2D eigenvalue weighted by Gasteiger charge is 2.31. The highest BCUT2D eigenvalue weighted by atomic mass is 32.2. The normalized spacial score (nSPS) is 13.3. The summed E-state index contributed by atoms with van der Waals surface area (Å²) in [5.41, 5.74) is 1.64. The smallest absolute Gasteiger partial charge is 0.341 e. The van der Waals surface area contributed by atoms with Gasteiger partial charge in [-0.1, -0.05) is 13.0 Å². The summed E-state index contributed by atoms with van der Waals surface area (Å²) in [6, 6.07) is 6.96. The van der Waals surface area contributed by atoms with Gasteiger partial charge in [0.05, 0.1) is 30.9 Å². The molecule has 0 aliphatic carbocycles. The number of nitrogens with zero attached hydrogens (tertiary/aromatic N) is 1. The van der Waals surface area contributed by atoms with Gasteiger partial charge in [-0.2, -0.15) is 0 Å². The molecule has 3 N–H and O–H groups in total. The molecular weight excluding hydrogens is 518 g/mol. The van der Waals surface area contributed by atoms with Gasteiger partial charge in [0.15, 0.2) is 0 Å². The van der Waals surface area contributed by atoms with Crippen LogP contribution >= 0.6 is 23.1 Å². The number of thiophene rings is 1. The van der Waals surface area contributed by atoms with Crippen LogP contribution < -0.4 is 10.6 Å². The number of ether oxygens (including phenoxy) is 1. The van der Waals surface area contributed by atoms with E-state index in [0.717, 1.165) is 15.3 Å². The lowest BCUT2D eigenvalue weighted by Gasteiger charge is -2.25. The molecule has 1 aromatic carbocycles. The zero-order chi connectivity index (χ0) is 27.1. The molecule has 1 atom stereocenters. The number of aliphatic carboxylic acids is 1. The predicted molar refractivity (Wildman–Crippen MR) is 141 cm³/mol. The minimum atomic E-state index is -1.05. The van der Waals surface area contributed by atoms with Crippen LogP contribution in [0.1, 0.15) is 53.9 Å². The summed E-state index contributed by atoms with van der Waals surface area (Å²) in [5.74, 6) is -2.32. The Bertz CT molecular complexity index is 1210. The number of amides is 3. The lowest BCUT2D eigenvalue weighted by Crippen LogP contribution is -2.34. The van der Waals surface area contributed by atoms with Crippen LogP contribution in [0, 0.1) is 0 Å². The molecule has 0 saturated carbocycles. The highest BCUT2D eigenvalue weighted by Crippen LogP contribution is 2.38. The quantitative estimate of drug-likeness (QED) is 0.302. The van der Waals surface area contributed by atoms with Crippen molar-refractivity contribution >= 4 is 63.4 Å². The highest BCUT2D eigenvalue weighted by molar-refractivity contribution is 8.00. The second-order valence-electron chi connectivity index (χ2n) is 8.36. The number of esters is 1. The molecule has 3 amide bonds. The minimum absolute atomic E-state index is 0.0491. The molecule has 0 bridgehead atoms. The van der Waals surface area contributed by atoms with Gasteiger partial charge in [0.2, 0.25) is 17.7 Å². The lowest BCUT2D eigenvalue weighted by molar-refractivity contribution is -0.138. The van der Waals surface area contributed by atoms with Crippen LogP contribution in [-0.4, -0.2) is 58.6 Å². The molecule has 1 unspecified atom stereocenters. The average molecular weight is 548 g/mol. The monoisotopic (exact) mass is 547 g/mol. The number of carboxylic acids is 1. The van der Waals surface area contributed by atoms with Gasteiger partial charge in [-0.15, -0.1) is 23.1 Å². The number of hydrogen-bond donors (Lipinski definition) is 3. The van der Waals surface area contributed by atoms with Crippen LogP contribution in [-0.2, 0) is 36.9 Å². The summed E-state index contributed by atoms with van der Waals surface area (Å²) >= 11 is 2.59. The molecule has 0 radical (unpaired) electrons. The molecule has 0 spiro atoms. The number of rotatable bonds is 10. The fraction of sp³-hybridized carbons (Fsp3) is 0.400. The van der Waals surface area contributed by atoms with E-state index < -0.39 is 23.1 Å². The Hall–Kier alpha value is -3.38. The largest absolute Gasteiger partial charge is 0.481 e. The third-order valence-electron chi connectivity index (χ3n) is 5.75. The molecule has 0 fully saturated rings. The predicted octanol–water partition coefficient (Wildman–Crippen LogP) is 3.75. The molecule has 10 nitrogen and oxygen atoms in total. The Labute approximate surface area is 222 Å². The maximum atomic E-state index is 13.2. The van der Waals surface area contributed by atoms with Gasteiger partial charge in [0.25, 0.3) is 0 Å². The first-order chi connectivity index (χ1) is 17.6. The van der Waals surface area contributed by atoms with E-state index in [1.807, 2.05) is 13.0 Å². The zero-order valence-electron chi connectivity index (χ0n) is 20.8. The molecule has 12 heteroatoms. The molecule has 1 aliphatic rings. The molecule has 1 aliphatic heterocycles. The van der Waals surface area contributed by atoms with Crippen molar-refractivity contribution in [2.75, 3.05) is 24.3 Å². The van der Waals surface area contributed by atoms with Crippen molar-refractivity contribution in [3.05, 3.63) is 40.3 Å². The van der Waals surface area contributed by atoms with Gasteiger partial charge in [-0.05, 0) is 36.6 Å². The van der Waals surface area contributed by atoms with E-state index in [4.69, 9.17) is 9.84 Å². The second-order valence-corrected chi connectivity index (χ2v) is 10.7. The van der Waals surface area contributed by atoms with Crippen molar-refractivity contribution in [3.63, 3.8) is 0 Å². The molecule has 2 aromatic rings. The molecule has 1 aromatic heterocycles. The van der Waals surface area contributed by atoms with E-state index in [2.05, 4.69) is 10.6 Å². The van der Waals surface area contributed by atoms with E-state index in [1.165, 1.54) is 37.1 Å². The summed E-state index contributed by atoms with van der Waals surface area (Å²) in [5, 5.41) is 14.2. The number of carboxylic acid groups (broad SMARTS) is 1. The lowest BCUT2D eigenvalue weighted by atomic mass is 10.0. The Balaban J connectivity index is 1.74. The van der Waals surface area contributed by atoms with E-state index in [0.29, 0.717) is 42.2 Å². The Morgan fingerprint density at radius 2 is 1.95 bits per heavy atom. The van der Waals surface area contributed by atoms with Crippen LogP contribution in [0.25, 0.3) is 0 Å². The van der Waals surface area contributed by atoms with Crippen LogP contribution in [0.5, 0.6) is 0 Å². The maximum absolute atomic E-state index is 13.2. The molecule has 0 saturated heterocycles. The first-order valence-corrected chi connectivity index (χ1v) is 13.4. The van der Waals surface area contributed by atoms with Crippen molar-refractivity contribution in [1.82, 2.24) is 4.90 Å². The summed E-state index contributed by atoms with van der Waals surface area (Å²) < 4.78 is 4.98. The van der Waals surface area contributed by atoms with Gasteiger partial charge >= 0.3 is 11.9 Å². The van der Waals surface area contributed by atoms with E-state index >= 15 is 0 Å². The number of anilines is 2. The number of fused-ring (bicyclic) bond motifs is 1. The second kappa shape index (κ2) is 12.7. The Morgan fingerprint density at radius 1 is 1.19 bits per heavy atom. The zero-order valence-corrected chi connectivity index (χ0v) is 22.4. The number of nitrogens with one attached hydrogen (secondary N) is 2. The molecular formula is C25H29N3O7S2. The molecule has 37 heavy (non-hydrogen) atoms. The molecule has 198 valence electrons. The van der Waals surface area contributed by atoms with Gasteiger partial charge in [-0.25, -0.2) is 4.79 Å². The van der Waals surface area contributed by atoms with Crippen LogP contribution in [0.4, 0.5) is 10.7 Å². The topological polar surface area (TPSA) is 142 Å². The summed E-state index contributed by atoms with van der Waals surface area (Å²) in [7, 11) is 1.29. The van der Waals surface area contributed by atoms with Gasteiger partial charge in [-0.3, -0.25) is 19.2 Å². The van der Waals surface area contributed by atoms with E-state index in [-0.39, 0.29) is 24.7 Å². The van der Waals surface area contributed by atoms with E-state index in [1.54, 1.807) is 23.1 Å². The van der Waals surface area contributed by atoms with Crippen molar-refractivity contribution in [3.8, 4) is 0 Å². The molecule has 2 heterocycles. The summed E-state index contributed by atoms with van der Waals surface area (Å²) in [6.45, 7) is 4.25. The fourth-order valence-corrected chi connectivity index (χ4v) is 6.12. The maximum Gasteiger partial charge on any atom is 0.341 e. The van der Waals surface area contributed by atoms with Gasteiger partial charge < -0.3 is 25.4 Å². The Kier molecular flexibility index (Phi) is 9.70. The van der Waals surface area contributed by atoms with Crippen LogP contribution in [0.2, 0.25) is 0 Å². The average Bonchev–Trinajstić information content (AvgIpc) is 3.22. The summed E-state index contributed by atoms with van der Waals surface area (Å²) in [6.07, 6.45) is 0.611. The Morgan fingerprint density at radius 3 is 2.59 bits per heavy atom. The van der Waals surface area contributed by atoms with Crippen molar-refractivity contribution < 1.29 is 33.8 Å². The molecule has 3 rings (SSSR count). The van der Waals surface area contributed by atoms with Crippen molar-refractivity contribution in [1.29, 1.82) is 0 Å². The number of benzene rings is 1. The minimum Gasteiger partial charge on any atom is -0.481 e. The first kappa shape index (κ1) is 28.2. The third kappa shape index (κ3) is 7.32. The number of hydrogen-bond acceptors (Lipinski definition) is 8. The van der Waals surface area contributed by atoms with Crippen molar-refractivity contribution in [2.24, 2.45) is 0 Å². The van der Waals surface area contributed by atoms with Crippen molar-refractivity contribution in [2.45, 2.75) is 56.2 Å². The third-order valence-corrected chi connectivity index (χ3v) is 8.24. The van der Waals surface area contributed by atoms with Gasteiger partial charge in [0, 0.05) is 35.3 Å². The van der Waals surface area contributed by atoms with E-state index in [9.17, 15) is 24.0 Å².